The van der Waals surface area contributed by atoms with E-state index >= 15 is 0 Å². The molecule has 4 rings (SSSR count). The van der Waals surface area contributed by atoms with Crippen molar-refractivity contribution >= 4 is 33.2 Å². The maximum absolute atomic E-state index is 13.2. The predicted octanol–water partition coefficient (Wildman–Crippen LogP) is 5.91. The molecule has 0 radical (unpaired) electrons. The smallest absolute Gasteiger partial charge is 0.135 e. The van der Waals surface area contributed by atoms with Crippen molar-refractivity contribution in [2.75, 3.05) is 0 Å². The van der Waals surface area contributed by atoms with E-state index in [4.69, 9.17) is 0 Å². The zero-order chi connectivity index (χ0) is 19.0. The third kappa shape index (κ3) is 3.16. The Labute approximate surface area is 160 Å². The molecule has 0 aliphatic heterocycles. The van der Waals surface area contributed by atoms with E-state index in [0.717, 1.165) is 32.9 Å². The summed E-state index contributed by atoms with van der Waals surface area (Å²) >= 11 is 1.51. The fourth-order valence-corrected chi connectivity index (χ4v) is 4.14. The summed E-state index contributed by atoms with van der Waals surface area (Å²) in [4.78, 5) is 4.59. The van der Waals surface area contributed by atoms with Crippen molar-refractivity contribution in [2.24, 2.45) is 0 Å². The van der Waals surface area contributed by atoms with Gasteiger partial charge in [-0.3, -0.25) is 0 Å². The van der Waals surface area contributed by atoms with Gasteiger partial charge in [0.1, 0.15) is 16.9 Å². The molecule has 0 spiro atoms. The summed E-state index contributed by atoms with van der Waals surface area (Å²) in [6, 6.07) is 18.6. The number of nitriles is 1. The standard InChI is InChI=1S/C22H16FN3S/c1-14-11-16(15(2)26(14)19-9-7-18(23)8-10-19)12-17(13-24)22-25-20-5-3-4-6-21(20)27-22/h3-12H,1-2H3. The lowest BCUT2D eigenvalue weighted by Crippen LogP contribution is -1.99. The second kappa shape index (κ2) is 6.82. The van der Waals surface area contributed by atoms with Crippen molar-refractivity contribution in [3.05, 3.63) is 82.4 Å². The molecule has 0 saturated carbocycles. The first-order valence-corrected chi connectivity index (χ1v) is 9.31. The Bertz CT molecular complexity index is 1170. The van der Waals surface area contributed by atoms with Crippen LogP contribution in [-0.2, 0) is 0 Å². The number of allylic oxidation sites excluding steroid dienone is 1. The first-order chi connectivity index (χ1) is 13.1. The molecule has 2 aromatic carbocycles. The van der Waals surface area contributed by atoms with E-state index in [0.29, 0.717) is 10.6 Å². The van der Waals surface area contributed by atoms with Gasteiger partial charge in [-0.25, -0.2) is 9.37 Å². The van der Waals surface area contributed by atoms with Gasteiger partial charge in [0.25, 0.3) is 0 Å². The highest BCUT2D eigenvalue weighted by molar-refractivity contribution is 7.19. The van der Waals surface area contributed by atoms with E-state index in [1.807, 2.05) is 50.3 Å². The zero-order valence-corrected chi connectivity index (χ0v) is 15.7. The molecule has 4 aromatic rings. The monoisotopic (exact) mass is 373 g/mol. The first kappa shape index (κ1) is 17.2. The first-order valence-electron chi connectivity index (χ1n) is 8.49. The van der Waals surface area contributed by atoms with Gasteiger partial charge in [0, 0.05) is 17.1 Å². The lowest BCUT2D eigenvalue weighted by Gasteiger charge is -2.09. The van der Waals surface area contributed by atoms with Gasteiger partial charge in [0.15, 0.2) is 0 Å². The molecular weight excluding hydrogens is 357 g/mol. The van der Waals surface area contributed by atoms with Crippen LogP contribution in [0.3, 0.4) is 0 Å². The number of nitrogens with zero attached hydrogens (tertiary/aromatic N) is 3. The largest absolute Gasteiger partial charge is 0.318 e. The van der Waals surface area contributed by atoms with E-state index in [1.165, 1.54) is 23.5 Å². The summed E-state index contributed by atoms with van der Waals surface area (Å²) in [5.41, 5.74) is 5.29. The zero-order valence-electron chi connectivity index (χ0n) is 14.9. The van der Waals surface area contributed by atoms with E-state index in [9.17, 15) is 9.65 Å². The normalized spacial score (nSPS) is 11.7. The number of fused-ring (bicyclic) bond motifs is 1. The SMILES string of the molecule is Cc1cc(C=C(C#N)c2nc3ccccc3s2)c(C)n1-c1ccc(F)cc1. The molecule has 0 aliphatic carbocycles. The molecule has 0 aliphatic rings. The van der Waals surface area contributed by atoms with Gasteiger partial charge < -0.3 is 4.57 Å². The molecule has 3 nitrogen and oxygen atoms in total. The average molecular weight is 373 g/mol. The van der Waals surface area contributed by atoms with Crippen LogP contribution < -0.4 is 0 Å². The number of rotatable bonds is 3. The molecule has 0 saturated heterocycles. The summed E-state index contributed by atoms with van der Waals surface area (Å²) < 4.78 is 16.4. The number of aryl methyl sites for hydroxylation is 1. The maximum Gasteiger partial charge on any atom is 0.135 e. The highest BCUT2D eigenvalue weighted by Crippen LogP contribution is 2.30. The van der Waals surface area contributed by atoms with Gasteiger partial charge in [-0.05, 0) is 68.0 Å². The number of para-hydroxylation sites is 1. The van der Waals surface area contributed by atoms with Gasteiger partial charge in [-0.2, -0.15) is 5.26 Å². The minimum Gasteiger partial charge on any atom is -0.318 e. The van der Waals surface area contributed by atoms with Crippen LogP contribution in [0, 0.1) is 31.0 Å². The Morgan fingerprint density at radius 1 is 1.15 bits per heavy atom. The Hall–Kier alpha value is -3.23. The Morgan fingerprint density at radius 3 is 2.59 bits per heavy atom. The van der Waals surface area contributed by atoms with Crippen molar-refractivity contribution in [1.29, 1.82) is 5.26 Å². The third-order valence-electron chi connectivity index (χ3n) is 4.50. The minimum absolute atomic E-state index is 0.260. The van der Waals surface area contributed by atoms with Crippen LogP contribution in [0.15, 0.2) is 54.6 Å². The van der Waals surface area contributed by atoms with Crippen molar-refractivity contribution in [3.8, 4) is 11.8 Å². The fraction of sp³-hybridized carbons (Fsp3) is 0.0909. The van der Waals surface area contributed by atoms with Crippen molar-refractivity contribution in [1.82, 2.24) is 9.55 Å². The third-order valence-corrected chi connectivity index (χ3v) is 5.57. The van der Waals surface area contributed by atoms with Crippen molar-refractivity contribution in [2.45, 2.75) is 13.8 Å². The number of hydrogen-bond acceptors (Lipinski definition) is 3. The van der Waals surface area contributed by atoms with Crippen LogP contribution in [0.5, 0.6) is 0 Å². The second-order valence-corrected chi connectivity index (χ2v) is 7.33. The van der Waals surface area contributed by atoms with Gasteiger partial charge in [0.05, 0.1) is 15.8 Å². The fourth-order valence-electron chi connectivity index (χ4n) is 3.21. The number of halogens is 1. The van der Waals surface area contributed by atoms with Gasteiger partial charge >= 0.3 is 0 Å². The van der Waals surface area contributed by atoms with Crippen LogP contribution in [-0.4, -0.2) is 9.55 Å². The molecule has 0 fully saturated rings. The molecule has 0 amide bonds. The van der Waals surface area contributed by atoms with E-state index in [2.05, 4.69) is 15.6 Å². The summed E-state index contributed by atoms with van der Waals surface area (Å²) in [6.45, 7) is 3.99. The molecule has 132 valence electrons. The molecule has 2 aromatic heterocycles. The predicted molar refractivity (Wildman–Crippen MR) is 108 cm³/mol. The quantitative estimate of drug-likeness (QED) is 0.419. The summed E-state index contributed by atoms with van der Waals surface area (Å²) in [5, 5.41) is 10.4. The van der Waals surface area contributed by atoms with E-state index < -0.39 is 0 Å². The number of benzene rings is 2. The van der Waals surface area contributed by atoms with Gasteiger partial charge in [0.2, 0.25) is 0 Å². The van der Waals surface area contributed by atoms with Crippen LogP contribution in [0.2, 0.25) is 0 Å². The molecule has 0 atom stereocenters. The van der Waals surface area contributed by atoms with Crippen molar-refractivity contribution in [3.63, 3.8) is 0 Å². The Balaban J connectivity index is 1.79. The molecular formula is C22H16FN3S. The highest BCUT2D eigenvalue weighted by atomic mass is 32.1. The van der Waals surface area contributed by atoms with Crippen LogP contribution in [0.1, 0.15) is 22.0 Å². The minimum atomic E-state index is -0.260. The van der Waals surface area contributed by atoms with Gasteiger partial charge in [-0.1, -0.05) is 12.1 Å². The second-order valence-electron chi connectivity index (χ2n) is 6.29. The molecule has 0 N–H and O–H groups in total. The van der Waals surface area contributed by atoms with Crippen LogP contribution in [0.25, 0.3) is 27.6 Å². The molecule has 0 bridgehead atoms. The Morgan fingerprint density at radius 2 is 1.89 bits per heavy atom. The van der Waals surface area contributed by atoms with Crippen LogP contribution in [0.4, 0.5) is 4.39 Å². The lowest BCUT2D eigenvalue weighted by atomic mass is 10.1. The van der Waals surface area contributed by atoms with E-state index in [-0.39, 0.29) is 5.82 Å². The summed E-state index contributed by atoms with van der Waals surface area (Å²) in [7, 11) is 0. The molecule has 27 heavy (non-hydrogen) atoms. The van der Waals surface area contributed by atoms with E-state index in [1.54, 1.807) is 12.1 Å². The molecule has 5 heteroatoms. The van der Waals surface area contributed by atoms with Gasteiger partial charge in [-0.15, -0.1) is 11.3 Å². The maximum atomic E-state index is 13.2. The highest BCUT2D eigenvalue weighted by Gasteiger charge is 2.13. The lowest BCUT2D eigenvalue weighted by molar-refractivity contribution is 0.627. The molecule has 0 unspecified atom stereocenters. The van der Waals surface area contributed by atoms with Crippen LogP contribution >= 0.6 is 11.3 Å². The number of hydrogen-bond donors (Lipinski definition) is 0. The molecule has 2 heterocycles. The average Bonchev–Trinajstić information content (AvgIpc) is 3.21. The Kier molecular flexibility index (Phi) is 4.35. The number of thiazole rings is 1. The topological polar surface area (TPSA) is 41.6 Å². The number of aromatic nitrogens is 2. The van der Waals surface area contributed by atoms with Crippen molar-refractivity contribution < 1.29 is 4.39 Å². The summed E-state index contributed by atoms with van der Waals surface area (Å²) in [6.07, 6.45) is 1.88. The summed E-state index contributed by atoms with van der Waals surface area (Å²) in [5.74, 6) is -0.260.